The molecule has 0 spiro atoms. The highest BCUT2D eigenvalue weighted by Gasteiger charge is 2.34. The van der Waals surface area contributed by atoms with Gasteiger partial charge in [-0.15, -0.1) is 0 Å². The maximum atomic E-state index is 13.6. The number of allylic oxidation sites excluding steroid dienone is 1. The van der Waals surface area contributed by atoms with Crippen molar-refractivity contribution >= 4 is 23.4 Å². The lowest BCUT2D eigenvalue weighted by Crippen LogP contribution is -2.40. The molecular weight excluding hydrogens is 440 g/mol. The van der Waals surface area contributed by atoms with Gasteiger partial charge in [-0.3, -0.25) is 9.36 Å². The van der Waals surface area contributed by atoms with Crippen molar-refractivity contribution in [3.05, 3.63) is 90.6 Å². The highest BCUT2D eigenvalue weighted by molar-refractivity contribution is 7.07. The minimum absolute atomic E-state index is 0.111. The molecule has 1 unspecified atom stereocenters. The second-order valence-electron chi connectivity index (χ2n) is 7.55. The molecule has 170 valence electrons. The summed E-state index contributed by atoms with van der Waals surface area (Å²) in [5, 5.41) is 9.78. The number of phenols is 1. The molecule has 0 bridgehead atoms. The highest BCUT2D eigenvalue weighted by atomic mass is 32.1. The van der Waals surface area contributed by atoms with Gasteiger partial charge in [-0.1, -0.05) is 48.6 Å². The average molecular weight is 465 g/mol. The van der Waals surface area contributed by atoms with Gasteiger partial charge in [0.05, 0.1) is 29.5 Å². The molecule has 33 heavy (non-hydrogen) atoms. The molecule has 0 radical (unpaired) electrons. The van der Waals surface area contributed by atoms with E-state index in [1.807, 2.05) is 31.2 Å². The van der Waals surface area contributed by atoms with Crippen molar-refractivity contribution in [2.75, 3.05) is 13.7 Å². The lowest BCUT2D eigenvalue weighted by atomic mass is 9.95. The molecule has 2 heterocycles. The van der Waals surface area contributed by atoms with Gasteiger partial charge in [-0.05, 0) is 43.2 Å². The zero-order valence-electron chi connectivity index (χ0n) is 18.6. The minimum atomic E-state index is -0.743. The molecule has 1 aromatic heterocycles. The second-order valence-corrected chi connectivity index (χ2v) is 8.56. The first kappa shape index (κ1) is 22.5. The third-order valence-electron chi connectivity index (χ3n) is 5.27. The van der Waals surface area contributed by atoms with E-state index in [1.165, 1.54) is 23.0 Å². The van der Waals surface area contributed by atoms with E-state index < -0.39 is 12.0 Å². The zero-order chi connectivity index (χ0) is 23.5. The number of para-hydroxylation sites is 1. The number of benzene rings is 2. The number of fused-ring (bicyclic) bond motifs is 1. The first-order valence-electron chi connectivity index (χ1n) is 10.6. The van der Waals surface area contributed by atoms with Crippen LogP contribution in [-0.2, 0) is 9.53 Å². The Morgan fingerprint density at radius 3 is 2.76 bits per heavy atom. The molecule has 1 aliphatic rings. The van der Waals surface area contributed by atoms with Crippen molar-refractivity contribution in [1.82, 2.24) is 4.57 Å². The van der Waals surface area contributed by atoms with E-state index in [2.05, 4.69) is 4.99 Å². The Morgan fingerprint density at radius 2 is 2.03 bits per heavy atom. The summed E-state index contributed by atoms with van der Waals surface area (Å²) in [6.07, 6.45) is 2.52. The monoisotopic (exact) mass is 464 g/mol. The quantitative estimate of drug-likeness (QED) is 0.567. The number of aromatic hydroxyl groups is 1. The van der Waals surface area contributed by atoms with Gasteiger partial charge in [-0.25, -0.2) is 9.79 Å². The maximum absolute atomic E-state index is 13.6. The van der Waals surface area contributed by atoms with E-state index in [9.17, 15) is 14.7 Å². The number of thiazole rings is 1. The molecule has 0 aliphatic carbocycles. The predicted molar refractivity (Wildman–Crippen MR) is 126 cm³/mol. The van der Waals surface area contributed by atoms with Crippen molar-refractivity contribution in [2.45, 2.75) is 26.3 Å². The fourth-order valence-corrected chi connectivity index (χ4v) is 4.85. The number of hydrogen-bond acceptors (Lipinski definition) is 7. The zero-order valence-corrected chi connectivity index (χ0v) is 19.4. The summed E-state index contributed by atoms with van der Waals surface area (Å²) in [6.45, 7) is 4.25. The minimum Gasteiger partial charge on any atom is -0.508 e. The average Bonchev–Trinajstić information content (AvgIpc) is 3.11. The van der Waals surface area contributed by atoms with Crippen molar-refractivity contribution in [1.29, 1.82) is 0 Å². The molecule has 4 rings (SSSR count). The summed E-state index contributed by atoms with van der Waals surface area (Å²) in [5.41, 5.74) is 1.87. The molecule has 0 saturated heterocycles. The van der Waals surface area contributed by atoms with Gasteiger partial charge in [0.15, 0.2) is 4.80 Å². The van der Waals surface area contributed by atoms with Crippen molar-refractivity contribution in [2.24, 2.45) is 4.99 Å². The normalized spacial score (nSPS) is 15.7. The smallest absolute Gasteiger partial charge is 0.338 e. The molecule has 1 atom stereocenters. The van der Waals surface area contributed by atoms with E-state index in [0.717, 1.165) is 6.42 Å². The third-order valence-corrected chi connectivity index (χ3v) is 6.25. The van der Waals surface area contributed by atoms with E-state index in [4.69, 9.17) is 9.47 Å². The lowest BCUT2D eigenvalue weighted by molar-refractivity contribution is -0.136. The number of methoxy groups -OCH3 is 1. The summed E-state index contributed by atoms with van der Waals surface area (Å²) in [7, 11) is 1.31. The number of nitrogens with zero attached hydrogens (tertiary/aromatic N) is 2. The Bertz CT molecular complexity index is 1420. The Balaban J connectivity index is 1.98. The Morgan fingerprint density at radius 1 is 1.24 bits per heavy atom. The van der Waals surface area contributed by atoms with Crippen LogP contribution in [0.4, 0.5) is 0 Å². The van der Waals surface area contributed by atoms with Crippen molar-refractivity contribution < 1.29 is 19.4 Å². The van der Waals surface area contributed by atoms with Crippen LogP contribution in [0.25, 0.3) is 6.08 Å². The standard InChI is InChI=1S/C25H24N2O5S/c1-4-12-32-19-11-6-5-10-18(19)22-21(24(30)31-3)15(2)26-25-27(22)23(29)20(33-25)14-16-8-7-9-17(28)13-16/h5-11,13-14,22,28H,4,12H2,1-3H3. The summed E-state index contributed by atoms with van der Waals surface area (Å²) in [6, 6.07) is 13.3. The van der Waals surface area contributed by atoms with Crippen LogP contribution < -0.4 is 19.6 Å². The SMILES string of the molecule is CCCOc1ccccc1C1C(C(=O)OC)=C(C)N=c2sc(=Cc3cccc(O)c3)c(=O)n21. The van der Waals surface area contributed by atoms with E-state index >= 15 is 0 Å². The van der Waals surface area contributed by atoms with Crippen molar-refractivity contribution in [3.8, 4) is 11.5 Å². The fourth-order valence-electron chi connectivity index (χ4n) is 3.80. The molecule has 0 amide bonds. The van der Waals surface area contributed by atoms with Crippen LogP contribution in [0.15, 0.2) is 69.6 Å². The summed E-state index contributed by atoms with van der Waals surface area (Å²) >= 11 is 1.23. The molecule has 0 fully saturated rings. The number of rotatable bonds is 6. The number of ether oxygens (including phenoxy) is 2. The van der Waals surface area contributed by atoms with Gasteiger partial charge < -0.3 is 14.6 Å². The molecule has 0 saturated carbocycles. The largest absolute Gasteiger partial charge is 0.508 e. The molecule has 1 aliphatic heterocycles. The van der Waals surface area contributed by atoms with Crippen LogP contribution in [-0.4, -0.2) is 29.4 Å². The van der Waals surface area contributed by atoms with E-state index in [1.54, 1.807) is 37.3 Å². The molecule has 2 aromatic carbocycles. The molecular formula is C25H24N2O5S. The van der Waals surface area contributed by atoms with Crippen LogP contribution in [0.5, 0.6) is 11.5 Å². The van der Waals surface area contributed by atoms with Gasteiger partial charge in [0, 0.05) is 5.56 Å². The van der Waals surface area contributed by atoms with E-state index in [0.29, 0.717) is 44.1 Å². The number of phenolic OH excluding ortho intramolecular Hbond substituents is 1. The van der Waals surface area contributed by atoms with Crippen LogP contribution in [0, 0.1) is 0 Å². The van der Waals surface area contributed by atoms with Crippen LogP contribution in [0.1, 0.15) is 37.4 Å². The Kier molecular flexibility index (Phi) is 6.46. The first-order valence-corrected chi connectivity index (χ1v) is 11.4. The fraction of sp³-hybridized carbons (Fsp3) is 0.240. The molecule has 7 nitrogen and oxygen atoms in total. The van der Waals surface area contributed by atoms with Gasteiger partial charge in [-0.2, -0.15) is 0 Å². The Hall–Kier alpha value is -3.65. The molecule has 1 N–H and O–H groups in total. The first-order chi connectivity index (χ1) is 15.9. The number of carbonyl (C=O) groups is 1. The lowest BCUT2D eigenvalue weighted by Gasteiger charge is -2.26. The van der Waals surface area contributed by atoms with Gasteiger partial charge in [0.1, 0.15) is 17.5 Å². The molecule has 8 heteroatoms. The number of aromatic nitrogens is 1. The van der Waals surface area contributed by atoms with Crippen LogP contribution >= 0.6 is 11.3 Å². The van der Waals surface area contributed by atoms with Crippen LogP contribution in [0.2, 0.25) is 0 Å². The van der Waals surface area contributed by atoms with Crippen LogP contribution in [0.3, 0.4) is 0 Å². The van der Waals surface area contributed by atoms with Gasteiger partial charge in [0.25, 0.3) is 5.56 Å². The van der Waals surface area contributed by atoms with E-state index in [-0.39, 0.29) is 11.3 Å². The number of hydrogen-bond donors (Lipinski definition) is 1. The summed E-state index contributed by atoms with van der Waals surface area (Å²) in [5.74, 6) is 0.164. The van der Waals surface area contributed by atoms with Gasteiger partial charge in [0.2, 0.25) is 0 Å². The highest BCUT2D eigenvalue weighted by Crippen LogP contribution is 2.35. The van der Waals surface area contributed by atoms with Crippen molar-refractivity contribution in [3.63, 3.8) is 0 Å². The third kappa shape index (κ3) is 4.34. The number of carbonyl (C=O) groups excluding carboxylic acids is 1. The predicted octanol–water partition coefficient (Wildman–Crippen LogP) is 2.90. The topological polar surface area (TPSA) is 90.1 Å². The Labute approximate surface area is 194 Å². The number of esters is 1. The summed E-state index contributed by atoms with van der Waals surface area (Å²) < 4.78 is 13.0. The maximum Gasteiger partial charge on any atom is 0.338 e. The van der Waals surface area contributed by atoms with Gasteiger partial charge >= 0.3 is 5.97 Å². The summed E-state index contributed by atoms with van der Waals surface area (Å²) in [4.78, 5) is 31.4. The molecule has 3 aromatic rings. The second kappa shape index (κ2) is 9.46.